The molecular formula is C25H31NO3. The number of nitrogens with zero attached hydrogens (tertiary/aromatic N) is 1. The molecule has 0 unspecified atom stereocenters. The van der Waals surface area contributed by atoms with Gasteiger partial charge in [0.1, 0.15) is 6.10 Å². The molecule has 0 aliphatic heterocycles. The molecule has 0 aromatic carbocycles. The van der Waals surface area contributed by atoms with Crippen molar-refractivity contribution in [3.05, 3.63) is 41.7 Å². The minimum absolute atomic E-state index is 0.00108. The lowest BCUT2D eigenvalue weighted by atomic mass is 9.47. The van der Waals surface area contributed by atoms with Crippen LogP contribution < -0.4 is 0 Å². The Labute approximate surface area is 173 Å². The number of carbonyl (C=O) groups excluding carboxylic acids is 2. The van der Waals surface area contributed by atoms with E-state index in [2.05, 4.69) is 18.8 Å². The second kappa shape index (κ2) is 6.78. The monoisotopic (exact) mass is 393 g/mol. The minimum Gasteiger partial charge on any atom is -0.458 e. The molecule has 6 atom stereocenters. The molecule has 4 nitrogen and oxygen atoms in total. The van der Waals surface area contributed by atoms with Crippen LogP contribution in [0, 0.1) is 28.6 Å². The van der Waals surface area contributed by atoms with Gasteiger partial charge in [0.05, 0.1) is 5.56 Å². The van der Waals surface area contributed by atoms with Crippen molar-refractivity contribution in [2.24, 2.45) is 28.6 Å². The Kier molecular flexibility index (Phi) is 4.45. The highest BCUT2D eigenvalue weighted by molar-refractivity contribution is 5.91. The summed E-state index contributed by atoms with van der Waals surface area (Å²) in [6, 6.07) is 3.56. The maximum atomic E-state index is 12.7. The number of hydrogen-bond acceptors (Lipinski definition) is 4. The van der Waals surface area contributed by atoms with Gasteiger partial charge in [-0.15, -0.1) is 0 Å². The van der Waals surface area contributed by atoms with E-state index in [-0.39, 0.29) is 22.9 Å². The Hall–Kier alpha value is -1.97. The van der Waals surface area contributed by atoms with Crippen LogP contribution in [0.3, 0.4) is 0 Å². The van der Waals surface area contributed by atoms with Crippen LogP contribution in [0.15, 0.2) is 36.2 Å². The Morgan fingerprint density at radius 1 is 1.10 bits per heavy atom. The molecule has 0 N–H and O–H groups in total. The number of carbonyl (C=O) groups is 2. The van der Waals surface area contributed by atoms with Crippen LogP contribution in [0.4, 0.5) is 0 Å². The average Bonchev–Trinajstić information content (AvgIpc) is 3.05. The normalized spacial score (nSPS) is 41.0. The van der Waals surface area contributed by atoms with Crippen LogP contribution in [0.5, 0.6) is 0 Å². The SMILES string of the molecule is C[C@]12CC[C@H]3[C@@H](CCC4=CC(=O)CC[C@@]43C)[C@@H]1CC[C@@H]2OC(=O)c1cccnc1. The summed E-state index contributed by atoms with van der Waals surface area (Å²) in [5.74, 6) is 2.05. The van der Waals surface area contributed by atoms with Gasteiger partial charge in [-0.05, 0) is 86.3 Å². The van der Waals surface area contributed by atoms with Gasteiger partial charge in [-0.25, -0.2) is 4.79 Å². The second-order valence-corrected chi connectivity index (χ2v) is 10.2. The average molecular weight is 394 g/mol. The molecule has 0 saturated heterocycles. The van der Waals surface area contributed by atoms with E-state index >= 15 is 0 Å². The number of hydrogen-bond donors (Lipinski definition) is 0. The molecule has 0 bridgehead atoms. The third-order valence-corrected chi connectivity index (χ3v) is 9.02. The Morgan fingerprint density at radius 2 is 1.97 bits per heavy atom. The maximum Gasteiger partial charge on any atom is 0.339 e. The van der Waals surface area contributed by atoms with Crippen molar-refractivity contribution in [3.8, 4) is 0 Å². The predicted molar refractivity (Wildman–Crippen MR) is 110 cm³/mol. The number of ether oxygens (including phenoxy) is 1. The van der Waals surface area contributed by atoms with Gasteiger partial charge < -0.3 is 4.74 Å². The highest BCUT2D eigenvalue weighted by Crippen LogP contribution is 2.65. The van der Waals surface area contributed by atoms with E-state index < -0.39 is 0 Å². The molecule has 4 heteroatoms. The smallest absolute Gasteiger partial charge is 0.339 e. The van der Waals surface area contributed by atoms with Gasteiger partial charge in [-0.1, -0.05) is 19.4 Å². The Bertz CT molecular complexity index is 862. The Balaban J connectivity index is 1.37. The fourth-order valence-electron chi connectivity index (χ4n) is 7.39. The number of fused-ring (bicyclic) bond motifs is 5. The lowest BCUT2D eigenvalue weighted by Gasteiger charge is -2.57. The quantitative estimate of drug-likeness (QED) is 0.653. The predicted octanol–water partition coefficient (Wildman–Crippen LogP) is 5.14. The zero-order valence-corrected chi connectivity index (χ0v) is 17.5. The zero-order chi connectivity index (χ0) is 20.2. The van der Waals surface area contributed by atoms with Crippen LogP contribution in [0.25, 0.3) is 0 Å². The number of pyridine rings is 1. The summed E-state index contributed by atoms with van der Waals surface area (Å²) < 4.78 is 6.06. The first-order valence-electron chi connectivity index (χ1n) is 11.3. The molecule has 1 aromatic heterocycles. The van der Waals surface area contributed by atoms with E-state index in [9.17, 15) is 9.59 Å². The molecule has 0 spiro atoms. The van der Waals surface area contributed by atoms with Crippen LogP contribution in [-0.4, -0.2) is 22.8 Å². The molecular weight excluding hydrogens is 362 g/mol. The van der Waals surface area contributed by atoms with Crippen LogP contribution in [-0.2, 0) is 9.53 Å². The molecule has 154 valence electrons. The fourth-order valence-corrected chi connectivity index (χ4v) is 7.39. The molecule has 3 fully saturated rings. The lowest BCUT2D eigenvalue weighted by Crippen LogP contribution is -2.51. The highest BCUT2D eigenvalue weighted by Gasteiger charge is 2.59. The molecule has 1 heterocycles. The molecule has 4 aliphatic carbocycles. The first-order valence-corrected chi connectivity index (χ1v) is 11.3. The van der Waals surface area contributed by atoms with Crippen LogP contribution in [0.2, 0.25) is 0 Å². The van der Waals surface area contributed by atoms with Gasteiger partial charge in [0.15, 0.2) is 5.78 Å². The summed E-state index contributed by atoms with van der Waals surface area (Å²) >= 11 is 0. The molecule has 5 rings (SSSR count). The van der Waals surface area contributed by atoms with E-state index in [0.717, 1.165) is 32.1 Å². The van der Waals surface area contributed by atoms with E-state index in [1.54, 1.807) is 24.5 Å². The van der Waals surface area contributed by atoms with Crippen molar-refractivity contribution in [2.45, 2.75) is 71.3 Å². The molecule has 1 aromatic rings. The van der Waals surface area contributed by atoms with E-state index in [1.807, 2.05) is 6.08 Å². The largest absolute Gasteiger partial charge is 0.458 e. The summed E-state index contributed by atoms with van der Waals surface area (Å²) in [4.78, 5) is 28.7. The molecule has 3 saturated carbocycles. The van der Waals surface area contributed by atoms with Crippen LogP contribution >= 0.6 is 0 Å². The first-order chi connectivity index (χ1) is 13.9. The number of aromatic nitrogens is 1. The maximum absolute atomic E-state index is 12.7. The minimum atomic E-state index is -0.237. The van der Waals surface area contributed by atoms with Crippen molar-refractivity contribution < 1.29 is 14.3 Å². The summed E-state index contributed by atoms with van der Waals surface area (Å²) in [5.41, 5.74) is 2.22. The van der Waals surface area contributed by atoms with Crippen molar-refractivity contribution >= 4 is 11.8 Å². The first kappa shape index (κ1) is 19.0. The van der Waals surface area contributed by atoms with E-state index in [0.29, 0.717) is 35.5 Å². The molecule has 0 amide bonds. The summed E-state index contributed by atoms with van der Waals surface area (Å²) in [6.45, 7) is 4.78. The van der Waals surface area contributed by atoms with Crippen molar-refractivity contribution in [1.29, 1.82) is 0 Å². The van der Waals surface area contributed by atoms with Crippen LogP contribution in [0.1, 0.15) is 75.6 Å². The second-order valence-electron chi connectivity index (χ2n) is 10.2. The van der Waals surface area contributed by atoms with E-state index in [1.165, 1.54) is 18.4 Å². The molecule has 29 heavy (non-hydrogen) atoms. The highest BCUT2D eigenvalue weighted by atomic mass is 16.5. The third-order valence-electron chi connectivity index (χ3n) is 9.02. The summed E-state index contributed by atoms with van der Waals surface area (Å²) in [6.07, 6.45) is 13.6. The topological polar surface area (TPSA) is 56.3 Å². The number of ketones is 1. The van der Waals surface area contributed by atoms with Crippen molar-refractivity contribution in [1.82, 2.24) is 4.98 Å². The van der Waals surface area contributed by atoms with Gasteiger partial charge >= 0.3 is 5.97 Å². The van der Waals surface area contributed by atoms with Gasteiger partial charge in [0.25, 0.3) is 0 Å². The third kappa shape index (κ3) is 2.90. The molecule has 0 radical (unpaired) electrons. The van der Waals surface area contributed by atoms with Crippen molar-refractivity contribution in [3.63, 3.8) is 0 Å². The van der Waals surface area contributed by atoms with Gasteiger partial charge in [-0.3, -0.25) is 9.78 Å². The van der Waals surface area contributed by atoms with Crippen molar-refractivity contribution in [2.75, 3.05) is 0 Å². The number of allylic oxidation sites excluding steroid dienone is 1. The van der Waals surface area contributed by atoms with Gasteiger partial charge in [0.2, 0.25) is 0 Å². The number of rotatable bonds is 2. The lowest BCUT2D eigenvalue weighted by molar-refractivity contribution is -0.118. The molecule has 4 aliphatic rings. The summed E-state index contributed by atoms with van der Waals surface area (Å²) in [5, 5.41) is 0. The van der Waals surface area contributed by atoms with Gasteiger partial charge in [-0.2, -0.15) is 0 Å². The Morgan fingerprint density at radius 3 is 2.76 bits per heavy atom. The fraction of sp³-hybridized carbons (Fsp3) is 0.640. The number of esters is 1. The van der Waals surface area contributed by atoms with E-state index in [4.69, 9.17) is 4.74 Å². The van der Waals surface area contributed by atoms with Gasteiger partial charge in [0, 0.05) is 24.2 Å². The standard InChI is InChI=1S/C25H31NO3/c1-24-11-9-18(27)14-17(24)5-6-19-20-7-8-22(25(20,2)12-10-21(19)24)29-23(28)16-4-3-13-26-15-16/h3-4,13-15,19-22H,5-12H2,1-2H3/t19-,20-,21-,22-,24-,25-/m0/s1. The summed E-state index contributed by atoms with van der Waals surface area (Å²) in [7, 11) is 0. The zero-order valence-electron chi connectivity index (χ0n) is 17.5.